The molecule has 0 radical (unpaired) electrons. The number of para-hydroxylation sites is 1. The number of methoxy groups -OCH3 is 1. The summed E-state index contributed by atoms with van der Waals surface area (Å²) in [7, 11) is 1.56. The second-order valence-electron chi connectivity index (χ2n) is 7.38. The summed E-state index contributed by atoms with van der Waals surface area (Å²) >= 11 is 1.13. The number of halogens is 1. The number of nitrogens with one attached hydrogen (secondary N) is 3. The van der Waals surface area contributed by atoms with Crippen molar-refractivity contribution in [2.24, 2.45) is 0 Å². The molecule has 176 valence electrons. The summed E-state index contributed by atoms with van der Waals surface area (Å²) in [6, 6.07) is 12.1. The fourth-order valence-corrected chi connectivity index (χ4v) is 4.18. The average molecular weight is 485 g/mol. The average Bonchev–Trinajstić information content (AvgIpc) is 3.21. The van der Waals surface area contributed by atoms with Gasteiger partial charge in [0.05, 0.1) is 18.6 Å². The van der Waals surface area contributed by atoms with E-state index in [-0.39, 0.29) is 30.2 Å². The molecule has 0 bridgehead atoms. The number of carbonyl (C=O) groups is 3. The van der Waals surface area contributed by atoms with Crippen LogP contribution < -0.4 is 20.7 Å². The van der Waals surface area contributed by atoms with E-state index in [1.807, 2.05) is 0 Å². The zero-order valence-electron chi connectivity index (χ0n) is 18.1. The SMILES string of the molecule is COc1ccc(-n2c(CC3CC(=O)NC(=O)N3)nnc2SCC(=O)Nc2ccccc2F)cc1. The molecule has 0 spiro atoms. The maximum atomic E-state index is 13.8. The Balaban J connectivity index is 1.55. The van der Waals surface area contributed by atoms with E-state index in [1.54, 1.807) is 42.0 Å². The smallest absolute Gasteiger partial charge is 0.321 e. The van der Waals surface area contributed by atoms with E-state index < -0.39 is 23.8 Å². The van der Waals surface area contributed by atoms with Crippen molar-refractivity contribution >= 4 is 35.3 Å². The van der Waals surface area contributed by atoms with Gasteiger partial charge < -0.3 is 15.4 Å². The number of aromatic nitrogens is 3. The molecule has 2 heterocycles. The molecule has 0 aliphatic carbocycles. The summed E-state index contributed by atoms with van der Waals surface area (Å²) < 4.78 is 20.8. The second-order valence-corrected chi connectivity index (χ2v) is 8.32. The first-order valence-electron chi connectivity index (χ1n) is 10.3. The third kappa shape index (κ3) is 5.52. The molecular formula is C22H21FN6O4S. The fourth-order valence-electron chi connectivity index (χ4n) is 3.41. The lowest BCUT2D eigenvalue weighted by Crippen LogP contribution is -2.53. The Morgan fingerprint density at radius 1 is 1.21 bits per heavy atom. The lowest BCUT2D eigenvalue weighted by atomic mass is 10.1. The maximum absolute atomic E-state index is 13.8. The number of ether oxygens (including phenoxy) is 1. The molecule has 3 aromatic rings. The van der Waals surface area contributed by atoms with Crippen molar-refractivity contribution in [3.63, 3.8) is 0 Å². The van der Waals surface area contributed by atoms with E-state index in [9.17, 15) is 18.8 Å². The number of urea groups is 1. The lowest BCUT2D eigenvalue weighted by Gasteiger charge is -2.23. The van der Waals surface area contributed by atoms with Crippen molar-refractivity contribution in [3.8, 4) is 11.4 Å². The van der Waals surface area contributed by atoms with E-state index in [0.29, 0.717) is 22.4 Å². The summed E-state index contributed by atoms with van der Waals surface area (Å²) in [6.45, 7) is 0. The summed E-state index contributed by atoms with van der Waals surface area (Å²) in [5, 5.41) is 16.3. The Morgan fingerprint density at radius 2 is 1.97 bits per heavy atom. The summed E-state index contributed by atoms with van der Waals surface area (Å²) in [5.41, 5.74) is 0.807. The number of nitrogens with zero attached hydrogens (tertiary/aromatic N) is 3. The Bertz CT molecular complexity index is 1200. The number of anilines is 1. The zero-order chi connectivity index (χ0) is 24.1. The Morgan fingerprint density at radius 3 is 2.68 bits per heavy atom. The van der Waals surface area contributed by atoms with E-state index in [4.69, 9.17) is 4.74 Å². The number of thioether (sulfide) groups is 1. The van der Waals surface area contributed by atoms with Gasteiger partial charge in [0, 0.05) is 24.6 Å². The van der Waals surface area contributed by atoms with E-state index >= 15 is 0 Å². The van der Waals surface area contributed by atoms with Gasteiger partial charge in [-0.3, -0.25) is 19.5 Å². The first-order chi connectivity index (χ1) is 16.4. The highest BCUT2D eigenvalue weighted by Crippen LogP contribution is 2.25. The first kappa shape index (κ1) is 23.2. The molecule has 34 heavy (non-hydrogen) atoms. The van der Waals surface area contributed by atoms with Crippen LogP contribution in [0, 0.1) is 5.82 Å². The molecule has 1 aliphatic heterocycles. The predicted octanol–water partition coefficient (Wildman–Crippen LogP) is 2.29. The number of rotatable bonds is 8. The highest BCUT2D eigenvalue weighted by Gasteiger charge is 2.27. The van der Waals surface area contributed by atoms with Gasteiger partial charge in [0.2, 0.25) is 11.8 Å². The molecule has 4 amide bonds. The number of hydrogen-bond acceptors (Lipinski definition) is 7. The molecule has 0 saturated carbocycles. The molecule has 10 nitrogen and oxygen atoms in total. The molecule has 1 fully saturated rings. The van der Waals surface area contributed by atoms with Crippen LogP contribution in [0.1, 0.15) is 12.2 Å². The minimum Gasteiger partial charge on any atom is -0.497 e. The lowest BCUT2D eigenvalue weighted by molar-refractivity contribution is -0.121. The normalized spacial score (nSPS) is 15.4. The molecule has 1 unspecified atom stereocenters. The van der Waals surface area contributed by atoms with Crippen molar-refractivity contribution in [3.05, 3.63) is 60.2 Å². The molecule has 4 rings (SSSR count). The predicted molar refractivity (Wildman–Crippen MR) is 122 cm³/mol. The van der Waals surface area contributed by atoms with Gasteiger partial charge in [-0.15, -0.1) is 10.2 Å². The Labute approximate surface area is 198 Å². The number of hydrogen-bond donors (Lipinski definition) is 3. The Kier molecular flexibility index (Phi) is 7.07. The van der Waals surface area contributed by atoms with Crippen LogP contribution in [0.2, 0.25) is 0 Å². The third-order valence-electron chi connectivity index (χ3n) is 4.96. The molecule has 3 N–H and O–H groups in total. The maximum Gasteiger partial charge on any atom is 0.321 e. The largest absolute Gasteiger partial charge is 0.497 e. The van der Waals surface area contributed by atoms with Gasteiger partial charge in [-0.1, -0.05) is 23.9 Å². The highest BCUT2D eigenvalue weighted by molar-refractivity contribution is 7.99. The molecule has 1 aliphatic rings. The van der Waals surface area contributed by atoms with Crippen LogP contribution in [0.15, 0.2) is 53.7 Å². The molecule has 2 aromatic carbocycles. The van der Waals surface area contributed by atoms with Crippen LogP contribution in [0.3, 0.4) is 0 Å². The minimum absolute atomic E-state index is 0.0365. The molecule has 1 aromatic heterocycles. The van der Waals surface area contributed by atoms with Gasteiger partial charge in [-0.05, 0) is 36.4 Å². The summed E-state index contributed by atoms with van der Waals surface area (Å²) in [6.07, 6.45) is 0.356. The standard InChI is InChI=1S/C22H21FN6O4S/c1-33-15-8-6-14(7-9-15)29-18(10-13-11-19(30)26-21(32)24-13)27-28-22(29)34-12-20(31)25-17-5-3-2-4-16(17)23/h2-9,13H,10-12H2,1H3,(H,25,31)(H2,24,26,30,32). The van der Waals surface area contributed by atoms with Crippen molar-refractivity contribution in [1.29, 1.82) is 0 Å². The van der Waals surface area contributed by atoms with Crippen molar-refractivity contribution in [2.45, 2.75) is 24.0 Å². The minimum atomic E-state index is -0.559. The topological polar surface area (TPSA) is 127 Å². The van der Waals surface area contributed by atoms with Gasteiger partial charge >= 0.3 is 6.03 Å². The summed E-state index contributed by atoms with van der Waals surface area (Å²) in [5.74, 6) is -0.176. The third-order valence-corrected chi connectivity index (χ3v) is 5.89. The quantitative estimate of drug-likeness (QED) is 0.419. The van der Waals surface area contributed by atoms with Crippen LogP contribution in [-0.2, 0) is 16.0 Å². The van der Waals surface area contributed by atoms with E-state index in [1.165, 1.54) is 18.2 Å². The number of carbonyl (C=O) groups excluding carboxylic acids is 3. The van der Waals surface area contributed by atoms with Crippen LogP contribution in [-0.4, -0.2) is 51.5 Å². The molecule has 1 saturated heterocycles. The van der Waals surface area contributed by atoms with E-state index in [2.05, 4.69) is 26.1 Å². The zero-order valence-corrected chi connectivity index (χ0v) is 18.9. The van der Waals surface area contributed by atoms with Gasteiger partial charge in [0.25, 0.3) is 0 Å². The second kappa shape index (κ2) is 10.3. The van der Waals surface area contributed by atoms with Crippen molar-refractivity contribution < 1.29 is 23.5 Å². The van der Waals surface area contributed by atoms with Crippen LogP contribution >= 0.6 is 11.8 Å². The molecule has 1 atom stereocenters. The number of benzene rings is 2. The highest BCUT2D eigenvalue weighted by atomic mass is 32.2. The van der Waals surface area contributed by atoms with Gasteiger partial charge in [0.15, 0.2) is 5.16 Å². The van der Waals surface area contributed by atoms with Gasteiger partial charge in [-0.25, -0.2) is 9.18 Å². The number of imide groups is 1. The van der Waals surface area contributed by atoms with Crippen LogP contribution in [0.25, 0.3) is 5.69 Å². The Hall–Kier alpha value is -3.93. The number of amides is 4. The molecular weight excluding hydrogens is 463 g/mol. The van der Waals surface area contributed by atoms with Crippen LogP contribution in [0.4, 0.5) is 14.9 Å². The van der Waals surface area contributed by atoms with Crippen LogP contribution in [0.5, 0.6) is 5.75 Å². The van der Waals surface area contributed by atoms with Crippen molar-refractivity contribution in [1.82, 2.24) is 25.4 Å². The van der Waals surface area contributed by atoms with Crippen molar-refractivity contribution in [2.75, 3.05) is 18.2 Å². The fraction of sp³-hybridized carbons (Fsp3) is 0.227. The molecule has 12 heteroatoms. The van der Waals surface area contributed by atoms with Gasteiger partial charge in [0.1, 0.15) is 17.4 Å². The summed E-state index contributed by atoms with van der Waals surface area (Å²) in [4.78, 5) is 35.8. The monoisotopic (exact) mass is 484 g/mol. The van der Waals surface area contributed by atoms with Gasteiger partial charge in [-0.2, -0.15) is 0 Å². The van der Waals surface area contributed by atoms with E-state index in [0.717, 1.165) is 11.8 Å². The first-order valence-corrected chi connectivity index (χ1v) is 11.3.